The molecule has 0 aromatic heterocycles. The zero-order chi connectivity index (χ0) is 22.7. The van der Waals surface area contributed by atoms with Gasteiger partial charge in [-0.15, -0.1) is 0 Å². The van der Waals surface area contributed by atoms with E-state index in [9.17, 15) is 4.79 Å². The Morgan fingerprint density at radius 2 is 1.48 bits per heavy atom. The Kier molecular flexibility index (Phi) is 4.51. The Hall–Kier alpha value is -0.590. The monoisotopic (exact) mass is 424 g/mol. The molecular formula is C30H48O. The van der Waals surface area contributed by atoms with Gasteiger partial charge in [0, 0.05) is 11.8 Å². The summed E-state index contributed by atoms with van der Waals surface area (Å²) in [5.74, 6) is 2.57. The number of rotatable bonds is 0. The summed E-state index contributed by atoms with van der Waals surface area (Å²) in [6, 6.07) is 0. The second-order valence-corrected chi connectivity index (χ2v) is 14.7. The molecule has 5 aliphatic rings. The Morgan fingerprint density at radius 3 is 2.19 bits per heavy atom. The largest absolute Gasteiger partial charge is 0.299 e. The van der Waals surface area contributed by atoms with E-state index < -0.39 is 0 Å². The smallest absolute Gasteiger partial charge is 0.138 e. The molecule has 1 heteroatoms. The van der Waals surface area contributed by atoms with Gasteiger partial charge in [-0.25, -0.2) is 0 Å². The average Bonchev–Trinajstić information content (AvgIpc) is 2.68. The summed E-state index contributed by atoms with van der Waals surface area (Å²) in [6.07, 6.45) is 15.5. The highest BCUT2D eigenvalue weighted by molar-refractivity contribution is 5.85. The number of Topliss-reactive ketones (excluding diaryl/α,β-unsaturated/α-hetero) is 1. The lowest BCUT2D eigenvalue weighted by Gasteiger charge is -2.72. The summed E-state index contributed by atoms with van der Waals surface area (Å²) in [5.41, 5.74) is 3.68. The van der Waals surface area contributed by atoms with Crippen LogP contribution in [0.3, 0.4) is 0 Å². The number of allylic oxidation sites excluding steroid dienone is 2. The fraction of sp³-hybridized carbons (Fsp3) is 0.900. The molecule has 0 radical (unpaired) electrons. The number of ketones is 1. The van der Waals surface area contributed by atoms with E-state index in [0.29, 0.717) is 44.7 Å². The molecule has 0 aliphatic heterocycles. The molecule has 7 atom stereocenters. The van der Waals surface area contributed by atoms with E-state index in [1.807, 2.05) is 5.57 Å². The first-order valence-corrected chi connectivity index (χ1v) is 13.5. The summed E-state index contributed by atoms with van der Waals surface area (Å²) in [4.78, 5) is 12.8. The topological polar surface area (TPSA) is 17.1 Å². The molecule has 174 valence electrons. The molecule has 0 aromatic carbocycles. The predicted octanol–water partition coefficient (Wildman–Crippen LogP) is 8.38. The summed E-state index contributed by atoms with van der Waals surface area (Å²) < 4.78 is 0. The predicted molar refractivity (Wildman–Crippen MR) is 130 cm³/mol. The summed E-state index contributed by atoms with van der Waals surface area (Å²) in [5, 5.41) is 0. The van der Waals surface area contributed by atoms with E-state index in [-0.39, 0.29) is 5.41 Å². The molecule has 0 amide bonds. The summed E-state index contributed by atoms with van der Waals surface area (Å²) in [7, 11) is 0. The molecular weight excluding hydrogens is 376 g/mol. The first-order valence-electron chi connectivity index (χ1n) is 13.5. The summed E-state index contributed by atoms with van der Waals surface area (Å²) in [6.45, 7) is 20.3. The van der Waals surface area contributed by atoms with Gasteiger partial charge in [-0.1, -0.05) is 73.5 Å². The minimum absolute atomic E-state index is 0.158. The number of fused-ring (bicyclic) bond motifs is 7. The quantitative estimate of drug-likeness (QED) is 0.357. The second kappa shape index (κ2) is 6.29. The molecule has 4 saturated carbocycles. The van der Waals surface area contributed by atoms with Gasteiger partial charge in [0.15, 0.2) is 0 Å². The normalized spacial score (nSPS) is 52.8. The van der Waals surface area contributed by atoms with Crippen molar-refractivity contribution in [3.8, 4) is 0 Å². The number of carbonyl (C=O) groups excluding carboxylic acids is 1. The van der Waals surface area contributed by atoms with Crippen molar-refractivity contribution in [3.05, 3.63) is 11.6 Å². The van der Waals surface area contributed by atoms with Crippen molar-refractivity contribution in [1.29, 1.82) is 0 Å². The molecule has 0 aromatic rings. The molecule has 1 nitrogen and oxygen atoms in total. The van der Waals surface area contributed by atoms with E-state index in [0.717, 1.165) is 25.2 Å². The fourth-order valence-electron chi connectivity index (χ4n) is 10.6. The highest BCUT2D eigenvalue weighted by Gasteiger charge is 2.68. The molecule has 0 heterocycles. The van der Waals surface area contributed by atoms with E-state index in [1.165, 1.54) is 44.9 Å². The van der Waals surface area contributed by atoms with Crippen LogP contribution in [0.1, 0.15) is 120 Å². The van der Waals surface area contributed by atoms with Crippen LogP contribution in [0.25, 0.3) is 0 Å². The third kappa shape index (κ3) is 2.48. The molecule has 5 aliphatic carbocycles. The van der Waals surface area contributed by atoms with E-state index in [2.05, 4.69) is 61.5 Å². The van der Waals surface area contributed by atoms with Crippen LogP contribution in [0.2, 0.25) is 0 Å². The van der Waals surface area contributed by atoms with Gasteiger partial charge in [0.1, 0.15) is 5.78 Å². The molecule has 5 rings (SSSR count). The van der Waals surface area contributed by atoms with E-state index >= 15 is 0 Å². The Bertz CT molecular complexity index is 831. The van der Waals surface area contributed by atoms with Gasteiger partial charge in [0.25, 0.3) is 0 Å². The Balaban J connectivity index is 1.58. The highest BCUT2D eigenvalue weighted by Crippen LogP contribution is 2.76. The SMILES string of the molecule is CC1(C)C(=O)CC[C@]2(C)[C@H]3CC[C@@]4(C)[C@@H]5CCCC(C)(C)[C@@]5(C)CC[C@]4(C)C3=CC[C@@H]12. The zero-order valence-electron chi connectivity index (χ0n) is 21.8. The zero-order valence-corrected chi connectivity index (χ0v) is 21.8. The molecule has 0 unspecified atom stereocenters. The Labute approximate surface area is 192 Å². The molecule has 0 N–H and O–H groups in total. The second-order valence-electron chi connectivity index (χ2n) is 14.7. The molecule has 0 saturated heterocycles. The standard InChI is InChI=1S/C30H48O/c1-25(2)15-9-10-23-29(25,7)19-18-28(6)21-11-12-22-26(3,4)24(31)14-16-27(22,5)20(21)13-17-30(23,28)8/h11,20,22-23H,9-10,12-19H2,1-8H3/t20-,22-,23+,27+,28+,29-,30-/m0/s1. The van der Waals surface area contributed by atoms with Crippen LogP contribution in [0, 0.1) is 50.2 Å². The first-order chi connectivity index (χ1) is 14.2. The van der Waals surface area contributed by atoms with Gasteiger partial charge in [-0.05, 0) is 96.2 Å². The maximum Gasteiger partial charge on any atom is 0.138 e. The lowest BCUT2D eigenvalue weighted by molar-refractivity contribution is -0.192. The van der Waals surface area contributed by atoms with Gasteiger partial charge in [-0.2, -0.15) is 0 Å². The fourth-order valence-corrected chi connectivity index (χ4v) is 10.6. The van der Waals surface area contributed by atoms with Gasteiger partial charge < -0.3 is 0 Å². The van der Waals surface area contributed by atoms with Crippen molar-refractivity contribution < 1.29 is 4.79 Å². The van der Waals surface area contributed by atoms with Crippen LogP contribution < -0.4 is 0 Å². The first kappa shape index (κ1) is 22.2. The molecule has 0 bridgehead atoms. The lowest BCUT2D eigenvalue weighted by Crippen LogP contribution is -2.64. The van der Waals surface area contributed by atoms with Crippen LogP contribution in [0.5, 0.6) is 0 Å². The van der Waals surface area contributed by atoms with Crippen molar-refractivity contribution in [2.24, 2.45) is 50.2 Å². The van der Waals surface area contributed by atoms with Gasteiger partial charge in [0.05, 0.1) is 0 Å². The van der Waals surface area contributed by atoms with Crippen LogP contribution in [-0.4, -0.2) is 5.78 Å². The number of hydrogen-bond acceptors (Lipinski definition) is 1. The van der Waals surface area contributed by atoms with Crippen molar-refractivity contribution in [1.82, 2.24) is 0 Å². The van der Waals surface area contributed by atoms with Crippen LogP contribution in [-0.2, 0) is 4.79 Å². The molecule has 4 fully saturated rings. The van der Waals surface area contributed by atoms with E-state index in [1.54, 1.807) is 0 Å². The lowest BCUT2D eigenvalue weighted by atomic mass is 9.32. The van der Waals surface area contributed by atoms with Crippen LogP contribution >= 0.6 is 0 Å². The maximum absolute atomic E-state index is 12.8. The average molecular weight is 425 g/mol. The van der Waals surface area contributed by atoms with Crippen molar-refractivity contribution >= 4 is 5.78 Å². The maximum atomic E-state index is 12.8. The number of hydrogen-bond donors (Lipinski definition) is 0. The molecule has 31 heavy (non-hydrogen) atoms. The summed E-state index contributed by atoms with van der Waals surface area (Å²) >= 11 is 0. The highest BCUT2D eigenvalue weighted by atomic mass is 16.1. The van der Waals surface area contributed by atoms with Gasteiger partial charge in [-0.3, -0.25) is 4.79 Å². The molecule has 0 spiro atoms. The van der Waals surface area contributed by atoms with Crippen LogP contribution in [0.15, 0.2) is 11.6 Å². The van der Waals surface area contributed by atoms with E-state index in [4.69, 9.17) is 0 Å². The van der Waals surface area contributed by atoms with Gasteiger partial charge >= 0.3 is 0 Å². The van der Waals surface area contributed by atoms with Crippen LogP contribution in [0.4, 0.5) is 0 Å². The third-order valence-electron chi connectivity index (χ3n) is 13.4. The van der Waals surface area contributed by atoms with Crippen molar-refractivity contribution in [2.75, 3.05) is 0 Å². The minimum Gasteiger partial charge on any atom is -0.299 e. The number of carbonyl (C=O) groups is 1. The minimum atomic E-state index is -0.158. The third-order valence-corrected chi connectivity index (χ3v) is 13.4. The van der Waals surface area contributed by atoms with Gasteiger partial charge in [0.2, 0.25) is 0 Å². The van der Waals surface area contributed by atoms with Crippen molar-refractivity contribution in [2.45, 2.75) is 120 Å². The Morgan fingerprint density at radius 1 is 0.774 bits per heavy atom. The van der Waals surface area contributed by atoms with Crippen molar-refractivity contribution in [3.63, 3.8) is 0 Å².